The molecule has 0 aromatic heterocycles. The Bertz CT molecular complexity index is 571. The van der Waals surface area contributed by atoms with Crippen LogP contribution >= 0.6 is 0 Å². The highest BCUT2D eigenvalue weighted by atomic mass is 16.5. The molecule has 0 spiro atoms. The van der Waals surface area contributed by atoms with Gasteiger partial charge in [-0.3, -0.25) is 4.79 Å². The van der Waals surface area contributed by atoms with Gasteiger partial charge in [0.1, 0.15) is 11.5 Å². The summed E-state index contributed by atoms with van der Waals surface area (Å²) >= 11 is 0. The van der Waals surface area contributed by atoms with Crippen molar-refractivity contribution in [3.63, 3.8) is 0 Å². The van der Waals surface area contributed by atoms with Gasteiger partial charge in [0.25, 0.3) is 0 Å². The second-order valence-corrected chi connectivity index (χ2v) is 5.30. The minimum Gasteiger partial charge on any atom is -0.497 e. The van der Waals surface area contributed by atoms with Crippen LogP contribution < -0.4 is 9.47 Å². The maximum absolute atomic E-state index is 12.2. The van der Waals surface area contributed by atoms with E-state index >= 15 is 0 Å². The van der Waals surface area contributed by atoms with Gasteiger partial charge in [0, 0.05) is 19.5 Å². The van der Waals surface area contributed by atoms with Gasteiger partial charge in [-0.15, -0.1) is 0 Å². The Labute approximate surface area is 137 Å². The van der Waals surface area contributed by atoms with Crippen molar-refractivity contribution in [2.45, 2.75) is 26.4 Å². The van der Waals surface area contributed by atoms with E-state index in [0.29, 0.717) is 19.5 Å². The van der Waals surface area contributed by atoms with E-state index in [1.54, 1.807) is 14.2 Å². The summed E-state index contributed by atoms with van der Waals surface area (Å²) in [5, 5.41) is 0. The first kappa shape index (κ1) is 16.9. The molecule has 0 unspecified atom stereocenters. The summed E-state index contributed by atoms with van der Waals surface area (Å²) in [6, 6.07) is 15.6. The summed E-state index contributed by atoms with van der Waals surface area (Å²) < 4.78 is 10.3. The molecule has 0 bridgehead atoms. The number of carbonyl (C=O) groups is 1. The number of amides is 1. The van der Waals surface area contributed by atoms with Crippen LogP contribution in [0.1, 0.15) is 24.5 Å². The standard InChI is InChI=1S/C19H23NO3/c1-4-19(21)20(13-15-5-9-17(22-2)10-6-15)14-16-7-11-18(23-3)12-8-16/h5-12H,4,13-14H2,1-3H3. The van der Waals surface area contributed by atoms with Crippen molar-refractivity contribution in [1.29, 1.82) is 0 Å². The van der Waals surface area contributed by atoms with Gasteiger partial charge in [-0.25, -0.2) is 0 Å². The molecule has 0 aliphatic heterocycles. The Morgan fingerprint density at radius 2 is 1.22 bits per heavy atom. The van der Waals surface area contributed by atoms with Crippen LogP contribution in [-0.2, 0) is 17.9 Å². The van der Waals surface area contributed by atoms with Crippen LogP contribution in [-0.4, -0.2) is 25.0 Å². The van der Waals surface area contributed by atoms with Gasteiger partial charge in [-0.05, 0) is 35.4 Å². The number of hydrogen-bond donors (Lipinski definition) is 0. The largest absolute Gasteiger partial charge is 0.497 e. The lowest BCUT2D eigenvalue weighted by Gasteiger charge is -2.23. The smallest absolute Gasteiger partial charge is 0.222 e. The molecule has 23 heavy (non-hydrogen) atoms. The van der Waals surface area contributed by atoms with Gasteiger partial charge in [0.15, 0.2) is 0 Å². The zero-order chi connectivity index (χ0) is 16.7. The summed E-state index contributed by atoms with van der Waals surface area (Å²) in [6.07, 6.45) is 0.492. The van der Waals surface area contributed by atoms with E-state index in [4.69, 9.17) is 9.47 Å². The van der Waals surface area contributed by atoms with Gasteiger partial charge >= 0.3 is 0 Å². The fraction of sp³-hybridized carbons (Fsp3) is 0.316. The Kier molecular flexibility index (Phi) is 6.03. The maximum atomic E-state index is 12.2. The zero-order valence-corrected chi connectivity index (χ0v) is 13.9. The predicted molar refractivity (Wildman–Crippen MR) is 90.5 cm³/mol. The van der Waals surface area contributed by atoms with Gasteiger partial charge < -0.3 is 14.4 Å². The second kappa shape index (κ2) is 8.22. The molecule has 2 aromatic rings. The minimum atomic E-state index is 0.136. The van der Waals surface area contributed by atoms with Crippen LogP contribution in [0.3, 0.4) is 0 Å². The predicted octanol–water partition coefficient (Wildman–Crippen LogP) is 3.64. The molecule has 0 saturated carbocycles. The van der Waals surface area contributed by atoms with Crippen molar-refractivity contribution in [2.75, 3.05) is 14.2 Å². The molecule has 2 rings (SSSR count). The molecular formula is C19H23NO3. The van der Waals surface area contributed by atoms with Gasteiger partial charge in [0.05, 0.1) is 14.2 Å². The molecule has 0 aliphatic rings. The average molecular weight is 313 g/mol. The molecule has 0 heterocycles. The molecule has 0 radical (unpaired) electrons. The SMILES string of the molecule is CCC(=O)N(Cc1ccc(OC)cc1)Cc1ccc(OC)cc1. The summed E-state index contributed by atoms with van der Waals surface area (Å²) in [6.45, 7) is 3.06. The molecule has 2 aromatic carbocycles. The van der Waals surface area contributed by atoms with Crippen LogP contribution in [0.2, 0.25) is 0 Å². The third-order valence-electron chi connectivity index (χ3n) is 3.72. The van der Waals surface area contributed by atoms with Crippen LogP contribution in [0.15, 0.2) is 48.5 Å². The van der Waals surface area contributed by atoms with Crippen molar-refractivity contribution < 1.29 is 14.3 Å². The van der Waals surface area contributed by atoms with E-state index in [9.17, 15) is 4.79 Å². The number of hydrogen-bond acceptors (Lipinski definition) is 3. The Hall–Kier alpha value is -2.49. The molecule has 4 nitrogen and oxygen atoms in total. The number of benzene rings is 2. The molecule has 0 fully saturated rings. The number of carbonyl (C=O) groups excluding carboxylic acids is 1. The minimum absolute atomic E-state index is 0.136. The third-order valence-corrected chi connectivity index (χ3v) is 3.72. The molecule has 1 amide bonds. The first-order chi connectivity index (χ1) is 11.2. The first-order valence-electron chi connectivity index (χ1n) is 7.70. The van der Waals surface area contributed by atoms with E-state index in [2.05, 4.69) is 0 Å². The van der Waals surface area contributed by atoms with E-state index in [1.165, 1.54) is 0 Å². The van der Waals surface area contributed by atoms with Crippen LogP contribution in [0.4, 0.5) is 0 Å². The number of nitrogens with zero attached hydrogens (tertiary/aromatic N) is 1. The lowest BCUT2D eigenvalue weighted by molar-refractivity contribution is -0.132. The number of rotatable bonds is 7. The normalized spacial score (nSPS) is 10.2. The van der Waals surface area contributed by atoms with E-state index < -0.39 is 0 Å². The van der Waals surface area contributed by atoms with Crippen LogP contribution in [0.25, 0.3) is 0 Å². The highest BCUT2D eigenvalue weighted by Crippen LogP contribution is 2.17. The summed E-state index contributed by atoms with van der Waals surface area (Å²) in [7, 11) is 3.29. The molecule has 0 saturated heterocycles. The summed E-state index contributed by atoms with van der Waals surface area (Å²) in [5.41, 5.74) is 2.17. The van der Waals surface area contributed by atoms with Gasteiger partial charge in [0.2, 0.25) is 5.91 Å². The van der Waals surface area contributed by atoms with Gasteiger partial charge in [-0.1, -0.05) is 31.2 Å². The molecule has 0 N–H and O–H groups in total. The number of methoxy groups -OCH3 is 2. The fourth-order valence-electron chi connectivity index (χ4n) is 2.36. The Morgan fingerprint density at radius 3 is 1.52 bits per heavy atom. The highest BCUT2D eigenvalue weighted by molar-refractivity contribution is 5.75. The summed E-state index contributed by atoms with van der Waals surface area (Å²) in [5.74, 6) is 1.77. The van der Waals surface area contributed by atoms with Crippen molar-refractivity contribution in [1.82, 2.24) is 4.90 Å². The Morgan fingerprint density at radius 1 is 0.826 bits per heavy atom. The van der Waals surface area contributed by atoms with E-state index in [1.807, 2.05) is 60.4 Å². The first-order valence-corrected chi connectivity index (χ1v) is 7.70. The van der Waals surface area contributed by atoms with Crippen molar-refractivity contribution in [2.24, 2.45) is 0 Å². The van der Waals surface area contributed by atoms with Crippen molar-refractivity contribution in [3.05, 3.63) is 59.7 Å². The number of ether oxygens (including phenoxy) is 2. The average Bonchev–Trinajstić information content (AvgIpc) is 2.61. The molecule has 4 heteroatoms. The highest BCUT2D eigenvalue weighted by Gasteiger charge is 2.13. The maximum Gasteiger partial charge on any atom is 0.222 e. The van der Waals surface area contributed by atoms with E-state index in [-0.39, 0.29) is 5.91 Å². The van der Waals surface area contributed by atoms with Crippen molar-refractivity contribution >= 4 is 5.91 Å². The third kappa shape index (κ3) is 4.74. The van der Waals surface area contributed by atoms with Crippen LogP contribution in [0, 0.1) is 0 Å². The zero-order valence-electron chi connectivity index (χ0n) is 13.9. The fourth-order valence-corrected chi connectivity index (χ4v) is 2.36. The van der Waals surface area contributed by atoms with Crippen molar-refractivity contribution in [3.8, 4) is 11.5 Å². The lowest BCUT2D eigenvalue weighted by Crippen LogP contribution is -2.29. The monoisotopic (exact) mass is 313 g/mol. The summed E-state index contributed by atoms with van der Waals surface area (Å²) in [4.78, 5) is 14.1. The molecule has 0 aliphatic carbocycles. The molecule has 122 valence electrons. The second-order valence-electron chi connectivity index (χ2n) is 5.30. The quantitative estimate of drug-likeness (QED) is 0.783. The molecule has 0 atom stereocenters. The van der Waals surface area contributed by atoms with Gasteiger partial charge in [-0.2, -0.15) is 0 Å². The topological polar surface area (TPSA) is 38.8 Å². The van der Waals surface area contributed by atoms with Crippen LogP contribution in [0.5, 0.6) is 11.5 Å². The lowest BCUT2D eigenvalue weighted by atomic mass is 10.1. The Balaban J connectivity index is 2.10. The van der Waals surface area contributed by atoms with E-state index in [0.717, 1.165) is 22.6 Å². The molecular weight excluding hydrogens is 290 g/mol.